The molecule has 0 radical (unpaired) electrons. The predicted molar refractivity (Wildman–Crippen MR) is 80.5 cm³/mol. The van der Waals surface area contributed by atoms with Gasteiger partial charge in [-0.1, -0.05) is 18.9 Å². The van der Waals surface area contributed by atoms with E-state index in [2.05, 4.69) is 10.2 Å². The fraction of sp³-hybridized carbons (Fsp3) is 0.471. The molecule has 0 amide bonds. The van der Waals surface area contributed by atoms with Crippen molar-refractivity contribution < 1.29 is 9.90 Å². The summed E-state index contributed by atoms with van der Waals surface area (Å²) in [4.78, 5) is 12.3. The highest BCUT2D eigenvalue weighted by molar-refractivity contribution is 6.00. The lowest BCUT2D eigenvalue weighted by Gasteiger charge is -2.23. The van der Waals surface area contributed by atoms with Crippen LogP contribution in [0.5, 0.6) is 0 Å². The van der Waals surface area contributed by atoms with Gasteiger partial charge in [-0.05, 0) is 49.9 Å². The van der Waals surface area contributed by atoms with Gasteiger partial charge in [0.1, 0.15) is 5.76 Å². The first kappa shape index (κ1) is 14.0. The van der Waals surface area contributed by atoms with Gasteiger partial charge in [0.05, 0.1) is 5.69 Å². The molecule has 4 heteroatoms. The second kappa shape index (κ2) is 5.43. The third-order valence-electron chi connectivity index (χ3n) is 4.69. The topological polar surface area (TPSA) is 62.0 Å². The summed E-state index contributed by atoms with van der Waals surface area (Å²) < 4.78 is 0. The number of carbonyl (C=O) groups is 1. The predicted octanol–water partition coefficient (Wildman–Crippen LogP) is 4.55. The van der Waals surface area contributed by atoms with Crippen LogP contribution in [-0.4, -0.2) is 10.9 Å². The van der Waals surface area contributed by atoms with Crippen molar-refractivity contribution in [3.63, 3.8) is 0 Å². The van der Waals surface area contributed by atoms with Gasteiger partial charge in [0.2, 0.25) is 0 Å². The molecule has 0 spiro atoms. The van der Waals surface area contributed by atoms with E-state index in [0.717, 1.165) is 31.2 Å². The summed E-state index contributed by atoms with van der Waals surface area (Å²) in [6.45, 7) is 4.05. The monoisotopic (exact) mass is 284 g/mol. The summed E-state index contributed by atoms with van der Waals surface area (Å²) in [6, 6.07) is 5.78. The first-order valence-electron chi connectivity index (χ1n) is 7.54. The maximum atomic E-state index is 12.3. The Labute approximate surface area is 124 Å². The summed E-state index contributed by atoms with van der Waals surface area (Å²) in [6.07, 6.45) is 3.86. The number of Topliss-reactive ketones (excluding diaryl/α,β-unsaturated/α-hetero) is 1. The van der Waals surface area contributed by atoms with Gasteiger partial charge >= 0.3 is 0 Å². The smallest absolute Gasteiger partial charge is 0.190 e. The third-order valence-corrected chi connectivity index (χ3v) is 4.69. The van der Waals surface area contributed by atoms with E-state index in [1.807, 2.05) is 32.0 Å². The van der Waals surface area contributed by atoms with Gasteiger partial charge in [-0.15, -0.1) is 5.11 Å². The van der Waals surface area contributed by atoms with Crippen LogP contribution in [0.15, 0.2) is 39.9 Å². The number of allylic oxidation sites excluding steroid dienone is 2. The Morgan fingerprint density at radius 3 is 2.43 bits per heavy atom. The van der Waals surface area contributed by atoms with Crippen molar-refractivity contribution in [3.8, 4) is 0 Å². The highest BCUT2D eigenvalue weighted by atomic mass is 16.3. The molecule has 1 aromatic carbocycles. The molecule has 1 fully saturated rings. The minimum Gasteiger partial charge on any atom is -0.510 e. The number of hydrogen-bond donors (Lipinski definition) is 1. The summed E-state index contributed by atoms with van der Waals surface area (Å²) >= 11 is 0. The number of hydrogen-bond acceptors (Lipinski definition) is 4. The van der Waals surface area contributed by atoms with Crippen molar-refractivity contribution in [2.45, 2.75) is 39.5 Å². The van der Waals surface area contributed by atoms with Crippen LogP contribution in [0.25, 0.3) is 0 Å². The summed E-state index contributed by atoms with van der Waals surface area (Å²) in [7, 11) is 0. The Kier molecular flexibility index (Phi) is 3.62. The zero-order chi connectivity index (χ0) is 15.0. The highest BCUT2D eigenvalue weighted by Gasteiger charge is 2.43. The van der Waals surface area contributed by atoms with Crippen LogP contribution in [0.1, 0.15) is 36.8 Å². The lowest BCUT2D eigenvalue weighted by Crippen LogP contribution is -2.21. The van der Waals surface area contributed by atoms with Gasteiger partial charge < -0.3 is 5.11 Å². The number of aliphatic hydroxyl groups excluding tert-OH is 1. The lowest BCUT2D eigenvalue weighted by atomic mass is 9.80. The number of aliphatic hydroxyl groups is 1. The van der Waals surface area contributed by atoms with E-state index in [-0.39, 0.29) is 29.1 Å². The first-order chi connectivity index (χ1) is 10.1. The molecule has 2 aliphatic rings. The molecular weight excluding hydrogens is 264 g/mol. The van der Waals surface area contributed by atoms with E-state index in [1.54, 1.807) is 0 Å². The summed E-state index contributed by atoms with van der Waals surface area (Å²) in [5.41, 5.74) is 3.21. The molecule has 21 heavy (non-hydrogen) atoms. The van der Waals surface area contributed by atoms with Crippen molar-refractivity contribution in [1.82, 2.24) is 0 Å². The number of nitrogens with zero attached hydrogens (tertiary/aromatic N) is 2. The van der Waals surface area contributed by atoms with Gasteiger partial charge in [-0.2, -0.15) is 5.11 Å². The number of rotatable bonds is 2. The van der Waals surface area contributed by atoms with Crippen LogP contribution >= 0.6 is 0 Å². The number of fused-ring (bicyclic) bond motifs is 1. The molecule has 1 N–H and O–H groups in total. The fourth-order valence-corrected chi connectivity index (χ4v) is 3.25. The molecule has 2 unspecified atom stereocenters. The zero-order valence-electron chi connectivity index (χ0n) is 12.5. The Balaban J connectivity index is 1.86. The highest BCUT2D eigenvalue weighted by Crippen LogP contribution is 2.43. The molecule has 110 valence electrons. The van der Waals surface area contributed by atoms with E-state index in [0.29, 0.717) is 5.69 Å². The Morgan fingerprint density at radius 1 is 1.05 bits per heavy atom. The zero-order valence-corrected chi connectivity index (χ0v) is 12.5. The average Bonchev–Trinajstić information content (AvgIpc) is 2.73. The first-order valence-corrected chi connectivity index (χ1v) is 7.54. The summed E-state index contributed by atoms with van der Waals surface area (Å²) in [5, 5.41) is 18.4. The minimum absolute atomic E-state index is 0.0278. The van der Waals surface area contributed by atoms with Gasteiger partial charge in [-0.3, -0.25) is 4.79 Å². The van der Waals surface area contributed by atoms with Gasteiger partial charge in [-0.25, -0.2) is 0 Å². The standard InChI is InChI=1S/C17H20N2O2/c1-10-7-8-12(9-11(10)2)18-19-15-16(20)13-5-3-4-6-14(13)17(15)21/h7-9,13-14,20H,3-6H2,1-2H3. The van der Waals surface area contributed by atoms with Crippen LogP contribution in [0, 0.1) is 25.7 Å². The van der Waals surface area contributed by atoms with Crippen LogP contribution in [-0.2, 0) is 4.79 Å². The molecule has 2 aliphatic carbocycles. The molecule has 1 saturated carbocycles. The quantitative estimate of drug-likeness (QED) is 0.810. The molecule has 0 saturated heterocycles. The van der Waals surface area contributed by atoms with Crippen molar-refractivity contribution >= 4 is 11.5 Å². The summed E-state index contributed by atoms with van der Waals surface area (Å²) in [5.74, 6) is 0.00877. The number of aryl methyl sites for hydroxylation is 2. The van der Waals surface area contributed by atoms with E-state index in [9.17, 15) is 9.90 Å². The molecule has 1 aromatic rings. The number of azo groups is 1. The normalized spacial score (nSPS) is 25.7. The molecule has 2 atom stereocenters. The van der Waals surface area contributed by atoms with Gasteiger partial charge in [0.15, 0.2) is 11.5 Å². The van der Waals surface area contributed by atoms with E-state index < -0.39 is 0 Å². The maximum Gasteiger partial charge on any atom is 0.190 e. The Morgan fingerprint density at radius 2 is 1.76 bits per heavy atom. The van der Waals surface area contributed by atoms with E-state index in [1.165, 1.54) is 5.56 Å². The Hall–Kier alpha value is -1.97. The Bertz CT molecular complexity index is 646. The van der Waals surface area contributed by atoms with Crippen molar-refractivity contribution in [2.75, 3.05) is 0 Å². The van der Waals surface area contributed by atoms with E-state index >= 15 is 0 Å². The third kappa shape index (κ3) is 2.50. The van der Waals surface area contributed by atoms with Crippen LogP contribution in [0.2, 0.25) is 0 Å². The van der Waals surface area contributed by atoms with Gasteiger partial charge in [0, 0.05) is 11.8 Å². The van der Waals surface area contributed by atoms with E-state index in [4.69, 9.17) is 0 Å². The lowest BCUT2D eigenvalue weighted by molar-refractivity contribution is -0.120. The van der Waals surface area contributed by atoms with Gasteiger partial charge in [0.25, 0.3) is 0 Å². The molecule has 4 nitrogen and oxygen atoms in total. The maximum absolute atomic E-state index is 12.3. The fourth-order valence-electron chi connectivity index (χ4n) is 3.25. The minimum atomic E-state index is -0.0764. The average molecular weight is 284 g/mol. The molecule has 0 aromatic heterocycles. The van der Waals surface area contributed by atoms with Crippen LogP contribution < -0.4 is 0 Å². The van der Waals surface area contributed by atoms with Crippen LogP contribution in [0.4, 0.5) is 5.69 Å². The van der Waals surface area contributed by atoms with Crippen molar-refractivity contribution in [3.05, 3.63) is 40.8 Å². The second-order valence-electron chi connectivity index (χ2n) is 6.06. The number of benzene rings is 1. The number of carbonyl (C=O) groups excluding carboxylic acids is 1. The SMILES string of the molecule is Cc1ccc(N=NC2=C(O)C3CCCCC3C2=O)cc1C. The second-order valence-corrected chi connectivity index (χ2v) is 6.06. The van der Waals surface area contributed by atoms with Crippen LogP contribution in [0.3, 0.4) is 0 Å². The van der Waals surface area contributed by atoms with Crippen molar-refractivity contribution in [1.29, 1.82) is 0 Å². The molecule has 3 rings (SSSR count). The van der Waals surface area contributed by atoms with Crippen molar-refractivity contribution in [2.24, 2.45) is 22.1 Å². The molecule has 0 heterocycles. The molecule has 0 aliphatic heterocycles. The largest absolute Gasteiger partial charge is 0.510 e. The molecule has 0 bridgehead atoms. The molecular formula is C17H20N2O2. The number of ketones is 1.